The fraction of sp³-hybridized carbons (Fsp3) is 0.467. The van der Waals surface area contributed by atoms with Gasteiger partial charge in [-0.05, 0) is 50.1 Å². The Morgan fingerprint density at radius 2 is 2.15 bits per heavy atom. The molecule has 110 valence electrons. The Hall–Kier alpha value is -1.17. The molecule has 1 aromatic rings. The summed E-state index contributed by atoms with van der Waals surface area (Å²) in [6, 6.07) is 5.49. The highest BCUT2D eigenvalue weighted by Crippen LogP contribution is 2.32. The molecule has 0 amide bonds. The molecule has 1 N–H and O–H groups in total. The second-order valence-corrected chi connectivity index (χ2v) is 7.10. The Morgan fingerprint density at radius 1 is 1.45 bits per heavy atom. The third kappa shape index (κ3) is 3.11. The molecular formula is C15H22N2O2S. The van der Waals surface area contributed by atoms with Crippen molar-refractivity contribution in [3.8, 4) is 0 Å². The number of aryl methyl sites for hydroxylation is 1. The summed E-state index contributed by atoms with van der Waals surface area (Å²) in [6.07, 6.45) is 3.54. The maximum atomic E-state index is 12.7. The second-order valence-electron chi connectivity index (χ2n) is 5.21. The van der Waals surface area contributed by atoms with Crippen molar-refractivity contribution in [1.29, 1.82) is 0 Å². The van der Waals surface area contributed by atoms with Crippen LogP contribution in [0.4, 0.5) is 0 Å². The predicted octanol–water partition coefficient (Wildman–Crippen LogP) is 2.05. The summed E-state index contributed by atoms with van der Waals surface area (Å²) in [6.45, 7) is 6.70. The summed E-state index contributed by atoms with van der Waals surface area (Å²) in [7, 11) is -1.57. The van der Waals surface area contributed by atoms with Crippen molar-refractivity contribution < 1.29 is 8.42 Å². The van der Waals surface area contributed by atoms with E-state index >= 15 is 0 Å². The first-order valence-corrected chi connectivity index (χ1v) is 8.31. The van der Waals surface area contributed by atoms with Gasteiger partial charge in [0, 0.05) is 19.1 Å². The van der Waals surface area contributed by atoms with E-state index in [2.05, 4.69) is 11.9 Å². The van der Waals surface area contributed by atoms with Crippen LogP contribution in [0.1, 0.15) is 24.0 Å². The molecule has 0 heterocycles. The minimum Gasteiger partial charge on any atom is -0.316 e. The number of sulfonamides is 1. The number of benzene rings is 1. The van der Waals surface area contributed by atoms with E-state index in [1.807, 2.05) is 20.0 Å². The van der Waals surface area contributed by atoms with Crippen LogP contribution < -0.4 is 5.32 Å². The Morgan fingerprint density at radius 3 is 2.70 bits per heavy atom. The Balaban J connectivity index is 2.37. The minimum atomic E-state index is -3.42. The van der Waals surface area contributed by atoms with Crippen LogP contribution in [0.3, 0.4) is 0 Å². The first kappa shape index (κ1) is 15.2. The summed E-state index contributed by atoms with van der Waals surface area (Å²) < 4.78 is 27.0. The third-order valence-electron chi connectivity index (χ3n) is 3.56. The van der Waals surface area contributed by atoms with Crippen LogP contribution in [0.5, 0.6) is 0 Å². The van der Waals surface area contributed by atoms with Gasteiger partial charge >= 0.3 is 0 Å². The fourth-order valence-electron chi connectivity index (χ4n) is 2.26. The largest absolute Gasteiger partial charge is 0.316 e. The summed E-state index contributed by atoms with van der Waals surface area (Å²) in [5.74, 6) is 0. The van der Waals surface area contributed by atoms with E-state index < -0.39 is 10.0 Å². The van der Waals surface area contributed by atoms with Gasteiger partial charge in [-0.2, -0.15) is 4.31 Å². The summed E-state index contributed by atoms with van der Waals surface area (Å²) in [5.41, 5.74) is 2.11. The van der Waals surface area contributed by atoms with Crippen molar-refractivity contribution >= 4 is 10.0 Å². The molecule has 1 aliphatic carbocycles. The lowest BCUT2D eigenvalue weighted by Gasteiger charge is -2.21. The molecule has 0 aromatic heterocycles. The molecule has 0 unspecified atom stereocenters. The predicted molar refractivity (Wildman–Crippen MR) is 81.1 cm³/mol. The molecule has 0 saturated heterocycles. The molecule has 1 aliphatic rings. The van der Waals surface area contributed by atoms with Gasteiger partial charge in [-0.1, -0.05) is 12.1 Å². The molecule has 0 atom stereocenters. The van der Waals surface area contributed by atoms with E-state index in [4.69, 9.17) is 0 Å². The molecule has 0 spiro atoms. The van der Waals surface area contributed by atoms with Crippen molar-refractivity contribution in [2.24, 2.45) is 0 Å². The molecule has 1 saturated carbocycles. The van der Waals surface area contributed by atoms with Gasteiger partial charge in [0.05, 0.1) is 4.90 Å². The molecule has 1 fully saturated rings. The van der Waals surface area contributed by atoms with Crippen molar-refractivity contribution in [3.63, 3.8) is 0 Å². The van der Waals surface area contributed by atoms with Crippen LogP contribution in [0.15, 0.2) is 35.7 Å². The van der Waals surface area contributed by atoms with Gasteiger partial charge in [-0.25, -0.2) is 8.42 Å². The van der Waals surface area contributed by atoms with Gasteiger partial charge in [0.2, 0.25) is 10.0 Å². The normalized spacial score (nSPS) is 15.6. The van der Waals surface area contributed by atoms with Gasteiger partial charge in [-0.3, -0.25) is 0 Å². The number of hydrogen-bond donors (Lipinski definition) is 1. The third-order valence-corrected chi connectivity index (χ3v) is 5.47. The summed E-state index contributed by atoms with van der Waals surface area (Å²) in [5, 5.41) is 3.07. The van der Waals surface area contributed by atoms with Gasteiger partial charge < -0.3 is 5.32 Å². The number of hydrogen-bond acceptors (Lipinski definition) is 3. The van der Waals surface area contributed by atoms with Crippen LogP contribution in [-0.4, -0.2) is 32.4 Å². The molecule has 0 radical (unpaired) electrons. The van der Waals surface area contributed by atoms with Crippen molar-refractivity contribution in [3.05, 3.63) is 42.0 Å². The topological polar surface area (TPSA) is 49.4 Å². The van der Waals surface area contributed by atoms with E-state index in [0.29, 0.717) is 18.0 Å². The van der Waals surface area contributed by atoms with Gasteiger partial charge in [0.25, 0.3) is 0 Å². The average Bonchev–Trinajstić information content (AvgIpc) is 3.22. The van der Waals surface area contributed by atoms with E-state index in [1.54, 1.807) is 22.5 Å². The number of rotatable bonds is 7. The van der Waals surface area contributed by atoms with Crippen molar-refractivity contribution in [2.45, 2.75) is 37.2 Å². The van der Waals surface area contributed by atoms with Crippen LogP contribution in [-0.2, 0) is 16.6 Å². The lowest BCUT2D eigenvalue weighted by atomic mass is 10.1. The average molecular weight is 294 g/mol. The quantitative estimate of drug-likeness (QED) is 0.783. The van der Waals surface area contributed by atoms with E-state index in [0.717, 1.165) is 24.0 Å². The maximum Gasteiger partial charge on any atom is 0.243 e. The molecule has 0 aliphatic heterocycles. The van der Waals surface area contributed by atoms with Crippen molar-refractivity contribution in [2.75, 3.05) is 13.6 Å². The number of nitrogens with one attached hydrogen (secondary N) is 1. The zero-order valence-electron chi connectivity index (χ0n) is 12.1. The van der Waals surface area contributed by atoms with Gasteiger partial charge in [0.1, 0.15) is 0 Å². The van der Waals surface area contributed by atoms with E-state index in [-0.39, 0.29) is 6.04 Å². The molecule has 2 rings (SSSR count). The molecule has 20 heavy (non-hydrogen) atoms. The van der Waals surface area contributed by atoms with Crippen molar-refractivity contribution in [1.82, 2.24) is 9.62 Å². The Labute approximate surface area is 121 Å². The standard InChI is InChI=1S/C15H22N2O2S/c1-4-9-17(14-6-7-14)20(18,19)15-8-5-12(2)13(10-15)11-16-3/h4-5,8,10,14,16H,1,6-7,9,11H2,2-3H3. The van der Waals surface area contributed by atoms with Crippen LogP contribution >= 0.6 is 0 Å². The monoisotopic (exact) mass is 294 g/mol. The highest BCUT2D eigenvalue weighted by Gasteiger charge is 2.37. The lowest BCUT2D eigenvalue weighted by Crippen LogP contribution is -2.33. The van der Waals surface area contributed by atoms with Gasteiger partial charge in [0.15, 0.2) is 0 Å². The first-order valence-electron chi connectivity index (χ1n) is 6.87. The molecule has 1 aromatic carbocycles. The van der Waals surface area contributed by atoms with E-state index in [9.17, 15) is 8.42 Å². The fourth-order valence-corrected chi connectivity index (χ4v) is 3.96. The minimum absolute atomic E-state index is 0.145. The highest BCUT2D eigenvalue weighted by molar-refractivity contribution is 7.89. The first-order chi connectivity index (χ1) is 9.50. The van der Waals surface area contributed by atoms with Crippen LogP contribution in [0, 0.1) is 6.92 Å². The van der Waals surface area contributed by atoms with E-state index in [1.165, 1.54) is 0 Å². The molecule has 5 heteroatoms. The Bertz CT molecular complexity index is 592. The number of nitrogens with zero attached hydrogens (tertiary/aromatic N) is 1. The molecule has 0 bridgehead atoms. The summed E-state index contributed by atoms with van der Waals surface area (Å²) >= 11 is 0. The lowest BCUT2D eigenvalue weighted by molar-refractivity contribution is 0.436. The zero-order chi connectivity index (χ0) is 14.8. The second kappa shape index (κ2) is 6.08. The van der Waals surface area contributed by atoms with Crippen LogP contribution in [0.2, 0.25) is 0 Å². The Kier molecular flexibility index (Phi) is 4.62. The summed E-state index contributed by atoms with van der Waals surface area (Å²) in [4.78, 5) is 0.377. The van der Waals surface area contributed by atoms with Crippen LogP contribution in [0.25, 0.3) is 0 Å². The molecule has 4 nitrogen and oxygen atoms in total. The zero-order valence-corrected chi connectivity index (χ0v) is 12.9. The SMILES string of the molecule is C=CCN(C1CC1)S(=O)(=O)c1ccc(C)c(CNC)c1. The smallest absolute Gasteiger partial charge is 0.243 e. The highest BCUT2D eigenvalue weighted by atomic mass is 32.2. The molecular weight excluding hydrogens is 272 g/mol. The van der Waals surface area contributed by atoms with Gasteiger partial charge in [-0.15, -0.1) is 6.58 Å². The maximum absolute atomic E-state index is 12.7.